The number of fused-ring (bicyclic) bond motifs is 3. The van der Waals surface area contributed by atoms with E-state index in [0.717, 1.165) is 33.5 Å². The van der Waals surface area contributed by atoms with Gasteiger partial charge in [-0.3, -0.25) is 9.98 Å². The molecule has 0 unspecified atom stereocenters. The first kappa shape index (κ1) is 17.2. The van der Waals surface area contributed by atoms with Gasteiger partial charge in [-0.2, -0.15) is 0 Å². The molecule has 0 aliphatic carbocycles. The van der Waals surface area contributed by atoms with Gasteiger partial charge in [-0.1, -0.05) is 48.5 Å². The number of aromatic nitrogens is 3. The highest BCUT2D eigenvalue weighted by Gasteiger charge is 2.10. The molecule has 5 rings (SSSR count). The van der Waals surface area contributed by atoms with Crippen molar-refractivity contribution in [3.8, 4) is 11.4 Å². The van der Waals surface area contributed by atoms with E-state index in [0.29, 0.717) is 5.82 Å². The maximum absolute atomic E-state index is 4.79. The first-order valence-corrected chi connectivity index (χ1v) is 9.49. The van der Waals surface area contributed by atoms with Crippen molar-refractivity contribution in [3.63, 3.8) is 0 Å². The lowest BCUT2D eigenvalue weighted by Crippen LogP contribution is -1.96. The molecule has 3 aromatic carbocycles. The second kappa shape index (κ2) is 7.24. The van der Waals surface area contributed by atoms with Crippen LogP contribution in [-0.4, -0.2) is 21.2 Å². The highest BCUT2D eigenvalue weighted by atomic mass is 14.9. The molecule has 4 nitrogen and oxygen atoms in total. The van der Waals surface area contributed by atoms with Gasteiger partial charge in [0.2, 0.25) is 0 Å². The molecule has 29 heavy (non-hydrogen) atoms. The second-order valence-corrected chi connectivity index (χ2v) is 6.88. The van der Waals surface area contributed by atoms with Crippen LogP contribution in [0.1, 0.15) is 11.4 Å². The minimum absolute atomic E-state index is 0.685. The van der Waals surface area contributed by atoms with Crippen LogP contribution in [0.2, 0.25) is 0 Å². The van der Waals surface area contributed by atoms with E-state index in [1.54, 1.807) is 12.4 Å². The maximum atomic E-state index is 4.79. The number of benzene rings is 3. The Bertz CT molecular complexity index is 1340. The SMILES string of the molecule is Cc1nc(-c2ccc(C=Nc3ccccc3)nc2)nc2ccc3ccccc3c12. The molecule has 0 amide bonds. The fraction of sp³-hybridized carbons (Fsp3) is 0.0400. The number of pyridine rings is 1. The summed E-state index contributed by atoms with van der Waals surface area (Å²) in [6.07, 6.45) is 3.56. The quantitative estimate of drug-likeness (QED) is 0.292. The van der Waals surface area contributed by atoms with Crippen molar-refractivity contribution < 1.29 is 0 Å². The Morgan fingerprint density at radius 3 is 2.45 bits per heavy atom. The van der Waals surface area contributed by atoms with E-state index in [1.165, 1.54) is 10.8 Å². The number of aryl methyl sites for hydroxylation is 1. The molecule has 0 aliphatic heterocycles. The first-order valence-electron chi connectivity index (χ1n) is 9.49. The van der Waals surface area contributed by atoms with Crippen molar-refractivity contribution in [2.45, 2.75) is 6.92 Å². The molecular weight excluding hydrogens is 356 g/mol. The van der Waals surface area contributed by atoms with E-state index in [1.807, 2.05) is 55.5 Å². The molecular formula is C25H18N4. The molecule has 4 heteroatoms. The minimum atomic E-state index is 0.685. The van der Waals surface area contributed by atoms with Gasteiger partial charge < -0.3 is 0 Å². The molecule has 0 atom stereocenters. The molecule has 0 N–H and O–H groups in total. The summed E-state index contributed by atoms with van der Waals surface area (Å²) < 4.78 is 0. The lowest BCUT2D eigenvalue weighted by Gasteiger charge is -2.08. The molecule has 0 saturated carbocycles. The molecule has 0 fully saturated rings. The van der Waals surface area contributed by atoms with Crippen LogP contribution in [0.5, 0.6) is 0 Å². The topological polar surface area (TPSA) is 51.0 Å². The van der Waals surface area contributed by atoms with Gasteiger partial charge in [0.25, 0.3) is 0 Å². The van der Waals surface area contributed by atoms with Crippen molar-refractivity contribution in [1.29, 1.82) is 0 Å². The molecule has 0 radical (unpaired) electrons. The van der Waals surface area contributed by atoms with E-state index < -0.39 is 0 Å². The van der Waals surface area contributed by atoms with Crippen molar-refractivity contribution in [3.05, 3.63) is 96.4 Å². The van der Waals surface area contributed by atoms with Crippen LogP contribution in [0.3, 0.4) is 0 Å². The van der Waals surface area contributed by atoms with E-state index in [4.69, 9.17) is 9.97 Å². The minimum Gasteiger partial charge on any atom is -0.255 e. The monoisotopic (exact) mass is 374 g/mol. The Morgan fingerprint density at radius 1 is 0.793 bits per heavy atom. The Kier molecular flexibility index (Phi) is 4.30. The number of para-hydroxylation sites is 1. The largest absolute Gasteiger partial charge is 0.255 e. The summed E-state index contributed by atoms with van der Waals surface area (Å²) in [4.78, 5) is 18.5. The number of nitrogens with zero attached hydrogens (tertiary/aromatic N) is 4. The molecule has 2 heterocycles. The fourth-order valence-electron chi connectivity index (χ4n) is 3.49. The predicted octanol–water partition coefficient (Wildman–Crippen LogP) is 5.90. The summed E-state index contributed by atoms with van der Waals surface area (Å²) >= 11 is 0. The van der Waals surface area contributed by atoms with Gasteiger partial charge in [0.1, 0.15) is 0 Å². The summed E-state index contributed by atoms with van der Waals surface area (Å²) in [5.74, 6) is 0.685. The first-order chi connectivity index (χ1) is 14.3. The van der Waals surface area contributed by atoms with Crippen LogP contribution < -0.4 is 0 Å². The van der Waals surface area contributed by atoms with Gasteiger partial charge in [-0.15, -0.1) is 0 Å². The third-order valence-corrected chi connectivity index (χ3v) is 4.92. The third-order valence-electron chi connectivity index (χ3n) is 4.92. The average molecular weight is 374 g/mol. The van der Waals surface area contributed by atoms with E-state index >= 15 is 0 Å². The summed E-state index contributed by atoms with van der Waals surface area (Å²) in [5, 5.41) is 3.48. The predicted molar refractivity (Wildman–Crippen MR) is 119 cm³/mol. The molecule has 0 bridgehead atoms. The third kappa shape index (κ3) is 3.36. The van der Waals surface area contributed by atoms with Crippen LogP contribution in [-0.2, 0) is 0 Å². The number of hydrogen-bond donors (Lipinski definition) is 0. The van der Waals surface area contributed by atoms with Crippen LogP contribution in [0.4, 0.5) is 5.69 Å². The molecule has 0 spiro atoms. The lowest BCUT2D eigenvalue weighted by molar-refractivity contribution is 1.15. The zero-order valence-corrected chi connectivity index (χ0v) is 15.9. The van der Waals surface area contributed by atoms with Crippen LogP contribution in [0.15, 0.2) is 90.1 Å². The Labute approximate surface area is 168 Å². The number of hydrogen-bond acceptors (Lipinski definition) is 4. The fourth-order valence-corrected chi connectivity index (χ4v) is 3.49. The van der Waals surface area contributed by atoms with Gasteiger partial charge in [-0.05, 0) is 48.0 Å². The normalized spacial score (nSPS) is 11.5. The highest BCUT2D eigenvalue weighted by Crippen LogP contribution is 2.28. The summed E-state index contributed by atoms with van der Waals surface area (Å²) in [6.45, 7) is 2.04. The van der Waals surface area contributed by atoms with Crippen molar-refractivity contribution in [1.82, 2.24) is 15.0 Å². The van der Waals surface area contributed by atoms with Crippen LogP contribution >= 0.6 is 0 Å². The van der Waals surface area contributed by atoms with Gasteiger partial charge in [0.05, 0.1) is 23.1 Å². The standard InChI is InChI=1S/C25H18N4/c1-17-24-22-10-6-5-7-18(22)12-14-23(24)29-25(28-17)19-11-13-21(26-15-19)16-27-20-8-3-2-4-9-20/h2-16H,1H3. The van der Waals surface area contributed by atoms with Crippen molar-refractivity contribution in [2.24, 2.45) is 4.99 Å². The van der Waals surface area contributed by atoms with E-state index in [2.05, 4.69) is 40.3 Å². The Balaban J connectivity index is 1.50. The lowest BCUT2D eigenvalue weighted by atomic mass is 10.0. The van der Waals surface area contributed by atoms with Crippen molar-refractivity contribution in [2.75, 3.05) is 0 Å². The molecule has 2 aromatic heterocycles. The smallest absolute Gasteiger partial charge is 0.161 e. The molecule has 0 saturated heterocycles. The Hall–Kier alpha value is -3.92. The van der Waals surface area contributed by atoms with Gasteiger partial charge in [-0.25, -0.2) is 9.97 Å². The second-order valence-electron chi connectivity index (χ2n) is 6.88. The van der Waals surface area contributed by atoms with E-state index in [-0.39, 0.29) is 0 Å². The van der Waals surface area contributed by atoms with Crippen molar-refractivity contribution >= 4 is 33.6 Å². The van der Waals surface area contributed by atoms with Gasteiger partial charge >= 0.3 is 0 Å². The molecule has 5 aromatic rings. The molecule has 0 aliphatic rings. The maximum Gasteiger partial charge on any atom is 0.161 e. The van der Waals surface area contributed by atoms with Gasteiger partial charge in [0.15, 0.2) is 5.82 Å². The zero-order chi connectivity index (χ0) is 19.6. The number of aliphatic imine (C=N–C) groups is 1. The van der Waals surface area contributed by atoms with E-state index in [9.17, 15) is 0 Å². The van der Waals surface area contributed by atoms with Gasteiger partial charge in [0, 0.05) is 22.8 Å². The summed E-state index contributed by atoms with van der Waals surface area (Å²) in [7, 11) is 0. The highest BCUT2D eigenvalue weighted by molar-refractivity contribution is 6.07. The Morgan fingerprint density at radius 2 is 1.62 bits per heavy atom. The summed E-state index contributed by atoms with van der Waals surface area (Å²) in [6, 6.07) is 26.2. The van der Waals surface area contributed by atoms with Crippen LogP contribution in [0.25, 0.3) is 33.1 Å². The average Bonchev–Trinajstić information content (AvgIpc) is 2.78. The van der Waals surface area contributed by atoms with Crippen LogP contribution in [0, 0.1) is 6.92 Å². The zero-order valence-electron chi connectivity index (χ0n) is 15.9. The summed E-state index contributed by atoms with van der Waals surface area (Å²) in [5.41, 5.74) is 4.50. The molecule has 138 valence electrons. The number of rotatable bonds is 3.